The molecule has 0 bridgehead atoms. The second kappa shape index (κ2) is 7.00. The first-order chi connectivity index (χ1) is 10.0. The van der Waals surface area contributed by atoms with Crippen LogP contribution in [0.2, 0.25) is 0 Å². The van der Waals surface area contributed by atoms with Crippen molar-refractivity contribution in [3.63, 3.8) is 0 Å². The Labute approximate surface area is 125 Å². The van der Waals surface area contributed by atoms with Crippen molar-refractivity contribution in [2.45, 2.75) is 32.7 Å². The molecule has 2 N–H and O–H groups in total. The van der Waals surface area contributed by atoms with Gasteiger partial charge in [-0.15, -0.1) is 0 Å². The number of aliphatic hydroxyl groups is 1. The van der Waals surface area contributed by atoms with Gasteiger partial charge in [0.1, 0.15) is 5.82 Å². The fourth-order valence-electron chi connectivity index (χ4n) is 2.61. The molecule has 1 unspecified atom stereocenters. The second-order valence-corrected chi connectivity index (χ2v) is 5.79. The number of carbonyl (C=O) groups is 1. The molecular formula is C16H23FN2O2. The van der Waals surface area contributed by atoms with Crippen molar-refractivity contribution in [2.75, 3.05) is 25.0 Å². The molecule has 0 aliphatic carbocycles. The number of hydrogen-bond acceptors (Lipinski definition) is 3. The number of hydrogen-bond donors (Lipinski definition) is 2. The van der Waals surface area contributed by atoms with Gasteiger partial charge in [-0.1, -0.05) is 6.07 Å². The molecule has 0 radical (unpaired) electrons. The summed E-state index contributed by atoms with van der Waals surface area (Å²) in [6.07, 6.45) is 1.82. The summed E-state index contributed by atoms with van der Waals surface area (Å²) in [6.45, 7) is 5.38. The predicted molar refractivity (Wildman–Crippen MR) is 80.6 cm³/mol. The Kier molecular flexibility index (Phi) is 5.31. The van der Waals surface area contributed by atoms with E-state index in [-0.39, 0.29) is 24.4 Å². The van der Waals surface area contributed by atoms with Gasteiger partial charge < -0.3 is 10.4 Å². The number of benzene rings is 1. The highest BCUT2D eigenvalue weighted by Crippen LogP contribution is 2.19. The Balaban J connectivity index is 1.92. The van der Waals surface area contributed by atoms with Crippen molar-refractivity contribution < 1.29 is 14.3 Å². The molecule has 2 rings (SSSR count). The van der Waals surface area contributed by atoms with Crippen LogP contribution in [0, 0.1) is 18.7 Å². The zero-order chi connectivity index (χ0) is 15.4. The topological polar surface area (TPSA) is 52.6 Å². The van der Waals surface area contributed by atoms with Gasteiger partial charge in [0.15, 0.2) is 0 Å². The van der Waals surface area contributed by atoms with E-state index < -0.39 is 0 Å². The predicted octanol–water partition coefficient (Wildman–Crippen LogP) is 2.17. The number of nitrogens with zero attached hydrogens (tertiary/aromatic N) is 1. The third-order valence-electron chi connectivity index (χ3n) is 4.27. The Morgan fingerprint density at radius 1 is 1.48 bits per heavy atom. The van der Waals surface area contributed by atoms with E-state index in [0.717, 1.165) is 25.9 Å². The summed E-state index contributed by atoms with van der Waals surface area (Å²) < 4.78 is 13.5. The first-order valence-corrected chi connectivity index (χ1v) is 7.43. The number of aliphatic hydroxyl groups excluding tert-OH is 1. The summed E-state index contributed by atoms with van der Waals surface area (Å²) in [5, 5.41) is 11.9. The van der Waals surface area contributed by atoms with Gasteiger partial charge in [-0.2, -0.15) is 0 Å². The van der Waals surface area contributed by atoms with Gasteiger partial charge in [0.25, 0.3) is 0 Å². The van der Waals surface area contributed by atoms with Crippen molar-refractivity contribution in [1.29, 1.82) is 0 Å². The number of halogens is 1. The standard InChI is InChI=1S/C16H23FN2O2/c1-11-3-4-14(9-15(11)17)18-16(21)12(2)19-7-5-13(10-20)6-8-19/h3-4,9,12-13,20H,5-8,10H2,1-2H3,(H,18,21). The lowest BCUT2D eigenvalue weighted by atomic mass is 9.97. The smallest absolute Gasteiger partial charge is 0.241 e. The Bertz CT molecular complexity index is 499. The summed E-state index contributed by atoms with van der Waals surface area (Å²) in [4.78, 5) is 14.3. The lowest BCUT2D eigenvalue weighted by Crippen LogP contribution is -2.46. The molecule has 21 heavy (non-hydrogen) atoms. The van der Waals surface area contributed by atoms with Crippen molar-refractivity contribution in [3.8, 4) is 0 Å². The number of anilines is 1. The number of carbonyl (C=O) groups excluding carboxylic acids is 1. The number of aryl methyl sites for hydroxylation is 1. The highest BCUT2D eigenvalue weighted by atomic mass is 19.1. The summed E-state index contributed by atoms with van der Waals surface area (Å²) in [5.41, 5.74) is 1.05. The molecule has 1 atom stereocenters. The van der Waals surface area contributed by atoms with Crippen LogP contribution >= 0.6 is 0 Å². The fraction of sp³-hybridized carbons (Fsp3) is 0.562. The minimum atomic E-state index is -0.316. The van der Waals surface area contributed by atoms with E-state index in [1.165, 1.54) is 6.07 Å². The van der Waals surface area contributed by atoms with Crippen LogP contribution in [0.1, 0.15) is 25.3 Å². The van der Waals surface area contributed by atoms with Crippen LogP contribution in [0.5, 0.6) is 0 Å². The van der Waals surface area contributed by atoms with Gasteiger partial charge in [-0.3, -0.25) is 9.69 Å². The van der Waals surface area contributed by atoms with Crippen molar-refractivity contribution in [1.82, 2.24) is 4.90 Å². The molecule has 0 aromatic heterocycles. The molecule has 1 saturated heterocycles. The average Bonchev–Trinajstić information content (AvgIpc) is 2.50. The zero-order valence-corrected chi connectivity index (χ0v) is 12.6. The first kappa shape index (κ1) is 15.9. The molecule has 1 heterocycles. The SMILES string of the molecule is Cc1ccc(NC(=O)C(C)N2CCC(CO)CC2)cc1F. The van der Waals surface area contributed by atoms with Crippen LogP contribution in [0.25, 0.3) is 0 Å². The molecule has 1 fully saturated rings. The lowest BCUT2D eigenvalue weighted by Gasteiger charge is -2.34. The van der Waals surface area contributed by atoms with Crippen LogP contribution in [0.4, 0.5) is 10.1 Å². The molecule has 1 aliphatic heterocycles. The molecule has 1 aromatic rings. The monoisotopic (exact) mass is 294 g/mol. The second-order valence-electron chi connectivity index (χ2n) is 5.79. The van der Waals surface area contributed by atoms with Gasteiger partial charge in [-0.05, 0) is 63.4 Å². The number of nitrogens with one attached hydrogen (secondary N) is 1. The molecule has 1 aliphatic rings. The van der Waals surface area contributed by atoms with Gasteiger partial charge in [0.2, 0.25) is 5.91 Å². The van der Waals surface area contributed by atoms with E-state index in [2.05, 4.69) is 10.2 Å². The minimum Gasteiger partial charge on any atom is -0.396 e. The highest BCUT2D eigenvalue weighted by molar-refractivity contribution is 5.94. The maximum atomic E-state index is 13.5. The maximum absolute atomic E-state index is 13.5. The van der Waals surface area contributed by atoms with Crippen molar-refractivity contribution in [3.05, 3.63) is 29.6 Å². The summed E-state index contributed by atoms with van der Waals surface area (Å²) >= 11 is 0. The lowest BCUT2D eigenvalue weighted by molar-refractivity contribution is -0.121. The maximum Gasteiger partial charge on any atom is 0.241 e. The summed E-state index contributed by atoms with van der Waals surface area (Å²) in [7, 11) is 0. The molecule has 1 aromatic carbocycles. The molecule has 0 spiro atoms. The van der Waals surface area contributed by atoms with E-state index in [9.17, 15) is 9.18 Å². The van der Waals surface area contributed by atoms with Gasteiger partial charge in [0.05, 0.1) is 6.04 Å². The average molecular weight is 294 g/mol. The molecular weight excluding hydrogens is 271 g/mol. The highest BCUT2D eigenvalue weighted by Gasteiger charge is 2.26. The van der Waals surface area contributed by atoms with Crippen LogP contribution in [0.15, 0.2) is 18.2 Å². The molecule has 116 valence electrons. The van der Waals surface area contributed by atoms with Crippen LogP contribution in [0.3, 0.4) is 0 Å². The first-order valence-electron chi connectivity index (χ1n) is 7.43. The van der Waals surface area contributed by atoms with E-state index in [4.69, 9.17) is 5.11 Å². The number of amides is 1. The van der Waals surface area contributed by atoms with Gasteiger partial charge in [-0.25, -0.2) is 4.39 Å². The van der Waals surface area contributed by atoms with Gasteiger partial charge in [0, 0.05) is 12.3 Å². The van der Waals surface area contributed by atoms with E-state index in [0.29, 0.717) is 17.2 Å². The van der Waals surface area contributed by atoms with E-state index in [1.54, 1.807) is 19.1 Å². The third kappa shape index (κ3) is 4.02. The Morgan fingerprint density at radius 2 is 2.14 bits per heavy atom. The molecule has 5 heteroatoms. The quantitative estimate of drug-likeness (QED) is 0.895. The fourth-order valence-corrected chi connectivity index (χ4v) is 2.61. The Morgan fingerprint density at radius 3 is 2.71 bits per heavy atom. The number of rotatable bonds is 4. The normalized spacial score (nSPS) is 18.5. The van der Waals surface area contributed by atoms with E-state index >= 15 is 0 Å². The summed E-state index contributed by atoms with van der Waals surface area (Å²) in [5.74, 6) is -0.0902. The number of piperidine rings is 1. The largest absolute Gasteiger partial charge is 0.396 e. The molecule has 0 saturated carbocycles. The van der Waals surface area contributed by atoms with Crippen LogP contribution < -0.4 is 5.32 Å². The van der Waals surface area contributed by atoms with Crippen LogP contribution in [-0.2, 0) is 4.79 Å². The molecule has 4 nitrogen and oxygen atoms in total. The van der Waals surface area contributed by atoms with Gasteiger partial charge >= 0.3 is 0 Å². The van der Waals surface area contributed by atoms with E-state index in [1.807, 2.05) is 6.92 Å². The Hall–Kier alpha value is -1.46. The zero-order valence-electron chi connectivity index (χ0n) is 12.6. The third-order valence-corrected chi connectivity index (χ3v) is 4.27. The summed E-state index contributed by atoms with van der Waals surface area (Å²) in [6, 6.07) is 4.45. The molecule has 1 amide bonds. The van der Waals surface area contributed by atoms with Crippen molar-refractivity contribution >= 4 is 11.6 Å². The number of likely N-dealkylation sites (tertiary alicyclic amines) is 1. The van der Waals surface area contributed by atoms with Crippen molar-refractivity contribution in [2.24, 2.45) is 5.92 Å². The minimum absolute atomic E-state index is 0.124. The van der Waals surface area contributed by atoms with Crippen LogP contribution in [-0.4, -0.2) is 41.7 Å².